The largest absolute Gasteiger partial charge is 0.393 e. The number of ether oxygens (including phenoxy) is 2. The maximum atomic E-state index is 11.7. The highest BCUT2D eigenvalue weighted by Gasteiger charge is 2.67. The van der Waals surface area contributed by atoms with E-state index >= 15 is 0 Å². The van der Waals surface area contributed by atoms with E-state index in [9.17, 15) is 19.2 Å². The molecule has 3 fully saturated rings. The number of esters is 4. The predicted molar refractivity (Wildman–Crippen MR) is 52.3 cm³/mol. The van der Waals surface area contributed by atoms with Gasteiger partial charge in [-0.05, 0) is 0 Å². The maximum Gasteiger partial charge on any atom is 0.318 e. The van der Waals surface area contributed by atoms with Gasteiger partial charge < -0.3 is 9.47 Å². The van der Waals surface area contributed by atoms with Crippen molar-refractivity contribution in [2.24, 2.45) is 35.5 Å². The Morgan fingerprint density at radius 1 is 0.611 bits per heavy atom. The Labute approximate surface area is 101 Å². The average Bonchev–Trinajstić information content (AvgIpc) is 2.81. The normalized spacial score (nSPS) is 48.0. The smallest absolute Gasteiger partial charge is 0.318 e. The fourth-order valence-electron chi connectivity index (χ4n) is 3.83. The van der Waals surface area contributed by atoms with Crippen LogP contribution in [0.4, 0.5) is 0 Å². The number of cyclic esters (lactones) is 4. The minimum atomic E-state index is -0.632. The molecule has 2 bridgehead atoms. The average molecular weight is 248 g/mol. The van der Waals surface area contributed by atoms with Crippen molar-refractivity contribution < 1.29 is 28.7 Å². The summed E-state index contributed by atoms with van der Waals surface area (Å²) in [7, 11) is 0. The summed E-state index contributed by atoms with van der Waals surface area (Å²) in [5, 5.41) is 0. The molecular formula is C12H8O6. The van der Waals surface area contributed by atoms with Crippen molar-refractivity contribution in [1.29, 1.82) is 0 Å². The summed E-state index contributed by atoms with van der Waals surface area (Å²) in [5.74, 6) is -5.79. The number of rotatable bonds is 0. The molecule has 2 saturated heterocycles. The highest BCUT2D eigenvalue weighted by Crippen LogP contribution is 2.56. The van der Waals surface area contributed by atoms with E-state index in [0.29, 0.717) is 0 Å². The molecule has 3 aliphatic carbocycles. The Bertz CT molecular complexity index is 459. The van der Waals surface area contributed by atoms with Gasteiger partial charge in [0.1, 0.15) is 0 Å². The molecule has 92 valence electrons. The Hall–Kier alpha value is -1.98. The fraction of sp³-hybridized carbons (Fsp3) is 0.500. The molecule has 2 aliphatic heterocycles. The topological polar surface area (TPSA) is 86.7 Å². The first kappa shape index (κ1) is 9.99. The van der Waals surface area contributed by atoms with E-state index in [4.69, 9.17) is 0 Å². The lowest BCUT2D eigenvalue weighted by molar-refractivity contribution is -0.154. The quantitative estimate of drug-likeness (QED) is 0.324. The molecule has 0 radical (unpaired) electrons. The van der Waals surface area contributed by atoms with Gasteiger partial charge in [0.2, 0.25) is 0 Å². The number of carbonyl (C=O) groups excluding carboxylic acids is 4. The Balaban J connectivity index is 1.88. The molecule has 2 heterocycles. The lowest BCUT2D eigenvalue weighted by Crippen LogP contribution is -2.50. The number of hydrogen-bond acceptors (Lipinski definition) is 6. The summed E-state index contributed by atoms with van der Waals surface area (Å²) in [6.45, 7) is 0. The molecule has 18 heavy (non-hydrogen) atoms. The first-order valence-electron chi connectivity index (χ1n) is 5.79. The van der Waals surface area contributed by atoms with Crippen LogP contribution in [0.1, 0.15) is 0 Å². The minimum absolute atomic E-state index is 0.456. The monoisotopic (exact) mass is 248 g/mol. The predicted octanol–water partition coefficient (Wildman–Crippen LogP) is -0.566. The van der Waals surface area contributed by atoms with Crippen molar-refractivity contribution in [3.05, 3.63) is 12.2 Å². The van der Waals surface area contributed by atoms with Crippen LogP contribution in [0.15, 0.2) is 12.2 Å². The van der Waals surface area contributed by atoms with Crippen LogP contribution in [-0.2, 0) is 28.7 Å². The van der Waals surface area contributed by atoms with Crippen molar-refractivity contribution >= 4 is 23.9 Å². The van der Waals surface area contributed by atoms with E-state index in [0.717, 1.165) is 0 Å². The van der Waals surface area contributed by atoms with Crippen LogP contribution in [0.5, 0.6) is 0 Å². The van der Waals surface area contributed by atoms with E-state index in [-0.39, 0.29) is 0 Å². The molecule has 0 aromatic carbocycles. The first-order valence-corrected chi connectivity index (χ1v) is 5.79. The van der Waals surface area contributed by atoms with Crippen molar-refractivity contribution in [3.63, 3.8) is 0 Å². The summed E-state index contributed by atoms with van der Waals surface area (Å²) >= 11 is 0. The maximum absolute atomic E-state index is 11.7. The lowest BCUT2D eigenvalue weighted by Gasteiger charge is -2.42. The summed E-state index contributed by atoms with van der Waals surface area (Å²) in [6.07, 6.45) is 3.49. The van der Waals surface area contributed by atoms with Crippen LogP contribution < -0.4 is 0 Å². The van der Waals surface area contributed by atoms with E-state index in [1.165, 1.54) is 0 Å². The highest BCUT2D eigenvalue weighted by atomic mass is 16.6. The van der Waals surface area contributed by atoms with Crippen molar-refractivity contribution in [1.82, 2.24) is 0 Å². The van der Waals surface area contributed by atoms with Crippen LogP contribution in [0, 0.1) is 35.5 Å². The van der Waals surface area contributed by atoms with E-state index in [1.54, 1.807) is 12.2 Å². The molecule has 1 saturated carbocycles. The molecule has 0 amide bonds. The number of allylic oxidation sites excluding steroid dienone is 2. The standard InChI is InChI=1S/C12H8O6/c13-9-5-3-1-2-4(7(5)11(15)17-9)8-6(3)10(14)18-12(8)16/h1-8H/t3-,4?,5+,6?,7?,8?/m0/s1. The van der Waals surface area contributed by atoms with E-state index in [1.807, 2.05) is 0 Å². The van der Waals surface area contributed by atoms with Crippen LogP contribution >= 0.6 is 0 Å². The van der Waals surface area contributed by atoms with Gasteiger partial charge in [0.15, 0.2) is 0 Å². The van der Waals surface area contributed by atoms with Gasteiger partial charge in [0.25, 0.3) is 0 Å². The van der Waals surface area contributed by atoms with Crippen LogP contribution in [-0.4, -0.2) is 23.9 Å². The second-order valence-electron chi connectivity index (χ2n) is 5.12. The Kier molecular flexibility index (Phi) is 1.60. The molecule has 0 aromatic rings. The Morgan fingerprint density at radius 3 is 1.17 bits per heavy atom. The third-order valence-corrected chi connectivity index (χ3v) is 4.48. The number of carbonyl (C=O) groups is 4. The molecule has 5 aliphatic rings. The SMILES string of the molecule is O=C1OC(=O)C2C1C1C=C[C@H]2[C@H]2C(=O)OC(=O)C12. The molecule has 0 N–H and O–H groups in total. The molecular weight excluding hydrogens is 240 g/mol. The van der Waals surface area contributed by atoms with Gasteiger partial charge in [0.05, 0.1) is 23.7 Å². The second kappa shape index (κ2) is 2.88. The first-order chi connectivity index (χ1) is 8.59. The zero-order chi connectivity index (χ0) is 12.6. The van der Waals surface area contributed by atoms with Gasteiger partial charge in [-0.25, -0.2) is 0 Å². The second-order valence-corrected chi connectivity index (χ2v) is 5.12. The lowest BCUT2D eigenvalue weighted by atomic mass is 9.54. The Morgan fingerprint density at radius 2 is 0.889 bits per heavy atom. The molecule has 5 rings (SSSR count). The summed E-state index contributed by atoms with van der Waals surface area (Å²) < 4.78 is 9.29. The van der Waals surface area contributed by atoms with Gasteiger partial charge in [0, 0.05) is 11.8 Å². The zero-order valence-electron chi connectivity index (χ0n) is 9.07. The third-order valence-electron chi connectivity index (χ3n) is 4.48. The van der Waals surface area contributed by atoms with Crippen LogP contribution in [0.25, 0.3) is 0 Å². The van der Waals surface area contributed by atoms with Crippen molar-refractivity contribution in [3.8, 4) is 0 Å². The van der Waals surface area contributed by atoms with Gasteiger partial charge >= 0.3 is 23.9 Å². The van der Waals surface area contributed by atoms with Gasteiger partial charge in [-0.15, -0.1) is 0 Å². The molecule has 0 aromatic heterocycles. The molecule has 6 nitrogen and oxygen atoms in total. The minimum Gasteiger partial charge on any atom is -0.393 e. The zero-order valence-corrected chi connectivity index (χ0v) is 9.07. The van der Waals surface area contributed by atoms with Gasteiger partial charge in [-0.2, -0.15) is 0 Å². The van der Waals surface area contributed by atoms with Crippen molar-refractivity contribution in [2.75, 3.05) is 0 Å². The fourth-order valence-corrected chi connectivity index (χ4v) is 3.83. The van der Waals surface area contributed by atoms with Crippen LogP contribution in [0.3, 0.4) is 0 Å². The van der Waals surface area contributed by atoms with Gasteiger partial charge in [-0.1, -0.05) is 12.2 Å². The summed E-state index contributed by atoms with van der Waals surface area (Å²) in [4.78, 5) is 46.7. The highest BCUT2D eigenvalue weighted by molar-refractivity contribution is 6.03. The van der Waals surface area contributed by atoms with Crippen molar-refractivity contribution in [2.45, 2.75) is 0 Å². The van der Waals surface area contributed by atoms with E-state index in [2.05, 4.69) is 9.47 Å². The summed E-state index contributed by atoms with van der Waals surface area (Å²) in [6, 6.07) is 0. The van der Waals surface area contributed by atoms with Gasteiger partial charge in [-0.3, -0.25) is 19.2 Å². The van der Waals surface area contributed by atoms with E-state index < -0.39 is 59.4 Å². The number of hydrogen-bond donors (Lipinski definition) is 0. The molecule has 6 heteroatoms. The third kappa shape index (κ3) is 0.913. The molecule has 6 atom stereocenters. The van der Waals surface area contributed by atoms with Crippen LogP contribution in [0.2, 0.25) is 0 Å². The summed E-state index contributed by atoms with van der Waals surface area (Å²) in [5.41, 5.74) is 0. The molecule has 0 spiro atoms. The molecule has 4 unspecified atom stereocenters.